The number of furan rings is 1. The number of aromatic nitrogens is 3. The quantitative estimate of drug-likeness (QED) is 0.433. The van der Waals surface area contributed by atoms with Crippen molar-refractivity contribution < 1.29 is 9.21 Å². The summed E-state index contributed by atoms with van der Waals surface area (Å²) in [5, 5.41) is 22.1. The Morgan fingerprint density at radius 2 is 2.23 bits per heavy atom. The van der Waals surface area contributed by atoms with E-state index in [2.05, 4.69) is 21.6 Å². The largest absolute Gasteiger partial charge is 0.461 e. The van der Waals surface area contributed by atoms with Crippen LogP contribution in [0.25, 0.3) is 11.6 Å². The number of carbonyl (C=O) groups is 1. The van der Waals surface area contributed by atoms with Gasteiger partial charge in [0.1, 0.15) is 11.1 Å². The average molecular weight is 442 g/mol. The maximum Gasteiger partial charge on any atom is 0.238 e. The van der Waals surface area contributed by atoms with Crippen molar-refractivity contribution in [3.8, 4) is 17.7 Å². The standard InChI is InChI=1S/C21H23N5O2S2/c1-3-26-18(16-9-7-11-28-16)24-25-21(26)29-13(2)19(27)23-20-15(12-22)14-8-5-4-6-10-17(14)30-20/h7,9,11,13H,3-6,8,10H2,1-2H3,(H,23,27)/t13-/m0/s1. The Kier molecular flexibility index (Phi) is 6.25. The molecule has 0 aliphatic heterocycles. The van der Waals surface area contributed by atoms with Gasteiger partial charge in [-0.15, -0.1) is 21.5 Å². The second kappa shape index (κ2) is 9.06. The van der Waals surface area contributed by atoms with E-state index in [1.165, 1.54) is 23.1 Å². The van der Waals surface area contributed by atoms with E-state index >= 15 is 0 Å². The number of hydrogen-bond acceptors (Lipinski definition) is 7. The van der Waals surface area contributed by atoms with Crippen molar-refractivity contribution in [3.63, 3.8) is 0 Å². The van der Waals surface area contributed by atoms with E-state index in [0.717, 1.165) is 31.2 Å². The van der Waals surface area contributed by atoms with Gasteiger partial charge in [0, 0.05) is 11.4 Å². The van der Waals surface area contributed by atoms with E-state index in [0.29, 0.717) is 33.9 Å². The summed E-state index contributed by atoms with van der Waals surface area (Å²) in [5.41, 5.74) is 1.77. The third-order valence-electron chi connectivity index (χ3n) is 5.20. The Morgan fingerprint density at radius 1 is 1.40 bits per heavy atom. The molecule has 156 valence electrons. The third kappa shape index (κ3) is 4.02. The second-order valence-electron chi connectivity index (χ2n) is 7.16. The molecule has 0 spiro atoms. The minimum atomic E-state index is -0.391. The second-order valence-corrected chi connectivity index (χ2v) is 9.57. The maximum absolute atomic E-state index is 12.9. The number of nitriles is 1. The van der Waals surface area contributed by atoms with Crippen molar-refractivity contribution >= 4 is 34.0 Å². The highest BCUT2D eigenvalue weighted by Crippen LogP contribution is 2.37. The van der Waals surface area contributed by atoms with Gasteiger partial charge in [0.25, 0.3) is 0 Å². The molecule has 0 radical (unpaired) electrons. The fourth-order valence-corrected chi connectivity index (χ4v) is 5.78. The first-order valence-corrected chi connectivity index (χ1v) is 11.8. The first-order valence-electron chi connectivity index (χ1n) is 10.1. The Bertz CT molecular complexity index is 1080. The lowest BCUT2D eigenvalue weighted by Crippen LogP contribution is -2.23. The summed E-state index contributed by atoms with van der Waals surface area (Å²) in [4.78, 5) is 14.1. The highest BCUT2D eigenvalue weighted by molar-refractivity contribution is 8.00. The fourth-order valence-electron chi connectivity index (χ4n) is 3.62. The molecule has 4 rings (SSSR count). The van der Waals surface area contributed by atoms with Crippen LogP contribution in [0.4, 0.5) is 5.00 Å². The zero-order valence-electron chi connectivity index (χ0n) is 17.0. The van der Waals surface area contributed by atoms with Gasteiger partial charge >= 0.3 is 0 Å². The van der Waals surface area contributed by atoms with Crippen LogP contribution in [0, 0.1) is 11.3 Å². The molecular formula is C21H23N5O2S2. The monoisotopic (exact) mass is 441 g/mol. The average Bonchev–Trinajstić information content (AvgIpc) is 3.43. The lowest BCUT2D eigenvalue weighted by molar-refractivity contribution is -0.115. The zero-order valence-corrected chi connectivity index (χ0v) is 18.6. The normalized spacial score (nSPS) is 14.6. The molecule has 0 bridgehead atoms. The summed E-state index contributed by atoms with van der Waals surface area (Å²) in [5.74, 6) is 1.15. The number of nitrogens with one attached hydrogen (secondary N) is 1. The van der Waals surface area contributed by atoms with E-state index in [4.69, 9.17) is 4.42 Å². The van der Waals surface area contributed by atoms with E-state index in [-0.39, 0.29) is 5.91 Å². The molecule has 7 nitrogen and oxygen atoms in total. The van der Waals surface area contributed by atoms with E-state index in [1.54, 1.807) is 17.6 Å². The van der Waals surface area contributed by atoms with Gasteiger partial charge in [0.15, 0.2) is 16.7 Å². The summed E-state index contributed by atoms with van der Waals surface area (Å²) in [6, 6.07) is 5.96. The number of amides is 1. The van der Waals surface area contributed by atoms with E-state index < -0.39 is 5.25 Å². The number of hydrogen-bond donors (Lipinski definition) is 1. The van der Waals surface area contributed by atoms with Crippen molar-refractivity contribution in [2.24, 2.45) is 0 Å². The molecule has 0 unspecified atom stereocenters. The van der Waals surface area contributed by atoms with Crippen LogP contribution in [0.2, 0.25) is 0 Å². The molecule has 30 heavy (non-hydrogen) atoms. The number of thioether (sulfide) groups is 1. The van der Waals surface area contributed by atoms with Crippen molar-refractivity contribution in [1.29, 1.82) is 5.26 Å². The maximum atomic E-state index is 12.9. The minimum absolute atomic E-state index is 0.141. The number of nitrogens with zero attached hydrogens (tertiary/aromatic N) is 4. The van der Waals surface area contributed by atoms with Crippen molar-refractivity contribution in [1.82, 2.24) is 14.8 Å². The van der Waals surface area contributed by atoms with Crippen molar-refractivity contribution in [2.75, 3.05) is 5.32 Å². The molecule has 3 aromatic heterocycles. The number of anilines is 1. The summed E-state index contributed by atoms with van der Waals surface area (Å²) in [6.45, 7) is 4.50. The highest BCUT2D eigenvalue weighted by atomic mass is 32.2. The summed E-state index contributed by atoms with van der Waals surface area (Å²) >= 11 is 2.90. The number of carbonyl (C=O) groups excluding carboxylic acids is 1. The molecule has 1 aliphatic rings. The molecule has 3 aromatic rings. The Morgan fingerprint density at radius 3 is 2.97 bits per heavy atom. The van der Waals surface area contributed by atoms with Gasteiger partial charge in [-0.3, -0.25) is 9.36 Å². The summed E-state index contributed by atoms with van der Waals surface area (Å²) in [6.07, 6.45) is 6.95. The van der Waals surface area contributed by atoms with Gasteiger partial charge in [0.05, 0.1) is 17.1 Å². The lowest BCUT2D eigenvalue weighted by Gasteiger charge is -2.12. The zero-order chi connectivity index (χ0) is 21.1. The molecule has 1 aliphatic carbocycles. The van der Waals surface area contributed by atoms with Crippen LogP contribution in [0.3, 0.4) is 0 Å². The van der Waals surface area contributed by atoms with Crippen molar-refractivity contribution in [2.45, 2.75) is 62.9 Å². The van der Waals surface area contributed by atoms with Gasteiger partial charge < -0.3 is 9.73 Å². The van der Waals surface area contributed by atoms with Crippen molar-refractivity contribution in [3.05, 3.63) is 34.4 Å². The summed E-state index contributed by atoms with van der Waals surface area (Å²) in [7, 11) is 0. The first kappa shape index (κ1) is 20.7. The van der Waals surface area contributed by atoms with Crippen LogP contribution in [0.1, 0.15) is 49.1 Å². The topological polar surface area (TPSA) is 96.7 Å². The molecule has 0 saturated heterocycles. The van der Waals surface area contributed by atoms with Crippen LogP contribution in [0.15, 0.2) is 28.0 Å². The van der Waals surface area contributed by atoms with Gasteiger partial charge in [0.2, 0.25) is 5.91 Å². The SMILES string of the molecule is CCn1c(S[C@@H](C)C(=O)Nc2sc3c(c2C#N)CCCCC3)nnc1-c1ccco1. The van der Waals surface area contributed by atoms with Crippen LogP contribution < -0.4 is 5.32 Å². The summed E-state index contributed by atoms with van der Waals surface area (Å²) < 4.78 is 7.37. The Labute approximate surface area is 183 Å². The Balaban J connectivity index is 1.50. The van der Waals surface area contributed by atoms with Gasteiger partial charge in [-0.25, -0.2) is 0 Å². The van der Waals surface area contributed by atoms with Gasteiger partial charge in [-0.2, -0.15) is 5.26 Å². The molecule has 0 fully saturated rings. The molecule has 1 N–H and O–H groups in total. The lowest BCUT2D eigenvalue weighted by atomic mass is 10.1. The molecular weight excluding hydrogens is 418 g/mol. The molecule has 0 aromatic carbocycles. The van der Waals surface area contributed by atoms with Crippen LogP contribution in [-0.4, -0.2) is 25.9 Å². The minimum Gasteiger partial charge on any atom is -0.461 e. The van der Waals surface area contributed by atoms with Gasteiger partial charge in [-0.1, -0.05) is 18.2 Å². The van der Waals surface area contributed by atoms with E-state index in [9.17, 15) is 10.1 Å². The van der Waals surface area contributed by atoms with Crippen LogP contribution in [-0.2, 0) is 24.2 Å². The predicted molar refractivity (Wildman–Crippen MR) is 118 cm³/mol. The Hall–Kier alpha value is -2.57. The molecule has 0 saturated carbocycles. The third-order valence-corrected chi connectivity index (χ3v) is 7.48. The number of fused-ring (bicyclic) bond motifs is 1. The molecule has 1 atom stereocenters. The van der Waals surface area contributed by atoms with E-state index in [1.807, 2.05) is 30.5 Å². The molecule has 1 amide bonds. The van der Waals surface area contributed by atoms with Crippen LogP contribution >= 0.6 is 23.1 Å². The smallest absolute Gasteiger partial charge is 0.238 e. The number of aryl methyl sites for hydroxylation is 1. The highest BCUT2D eigenvalue weighted by Gasteiger charge is 2.25. The number of thiophene rings is 1. The predicted octanol–water partition coefficient (Wildman–Crippen LogP) is 4.88. The van der Waals surface area contributed by atoms with Gasteiger partial charge in [-0.05, 0) is 57.2 Å². The molecule has 9 heteroatoms. The molecule has 3 heterocycles. The fraction of sp³-hybridized carbons (Fsp3) is 0.429. The van der Waals surface area contributed by atoms with Crippen LogP contribution in [0.5, 0.6) is 0 Å². The number of rotatable bonds is 6. The first-order chi connectivity index (χ1) is 14.6.